The average Bonchev–Trinajstić information content (AvgIpc) is 3.29. The first-order chi connectivity index (χ1) is 32.1. The summed E-state index contributed by atoms with van der Waals surface area (Å²) in [4.78, 5) is 38.1. The van der Waals surface area contributed by atoms with E-state index in [2.05, 4.69) is 41.5 Å². The van der Waals surface area contributed by atoms with Crippen LogP contribution in [0.15, 0.2) is 0 Å². The molecule has 392 valence electrons. The topological polar surface area (TPSA) is 78.9 Å². The first kappa shape index (κ1) is 64.4. The Hall–Kier alpha value is -1.59. The smallest absolute Gasteiger partial charge is 0.306 e. The lowest BCUT2D eigenvalue weighted by Crippen LogP contribution is -2.30. The summed E-state index contributed by atoms with van der Waals surface area (Å²) in [5.41, 5.74) is 0. The van der Waals surface area contributed by atoms with Crippen LogP contribution in [0.25, 0.3) is 0 Å². The predicted octanol–water partition coefficient (Wildman–Crippen LogP) is 19.5. The number of ether oxygens (including phenoxy) is 3. The third-order valence-corrected chi connectivity index (χ3v) is 14.0. The Labute approximate surface area is 412 Å². The maximum Gasteiger partial charge on any atom is 0.306 e. The minimum absolute atomic E-state index is 0.0637. The Balaban J connectivity index is 4.22. The molecule has 0 aliphatic carbocycles. The van der Waals surface area contributed by atoms with E-state index in [1.807, 2.05) is 0 Å². The van der Waals surface area contributed by atoms with Gasteiger partial charge in [-0.1, -0.05) is 292 Å². The monoisotopic (exact) mass is 933 g/mol. The normalized spacial score (nSPS) is 12.5. The van der Waals surface area contributed by atoms with Crippen LogP contribution >= 0.6 is 0 Å². The van der Waals surface area contributed by atoms with Crippen LogP contribution in [0, 0.1) is 17.8 Å². The maximum absolute atomic E-state index is 12.8. The summed E-state index contributed by atoms with van der Waals surface area (Å²) in [6, 6.07) is 0. The molecule has 6 nitrogen and oxygen atoms in total. The summed E-state index contributed by atoms with van der Waals surface area (Å²) in [5, 5.41) is 0. The van der Waals surface area contributed by atoms with Gasteiger partial charge in [-0.25, -0.2) is 0 Å². The van der Waals surface area contributed by atoms with Crippen LogP contribution in [0.5, 0.6) is 0 Å². The molecule has 0 rings (SSSR count). The Morgan fingerprint density at radius 1 is 0.303 bits per heavy atom. The van der Waals surface area contributed by atoms with Crippen molar-refractivity contribution in [1.82, 2.24) is 0 Å². The molecule has 0 saturated carbocycles. The fraction of sp³-hybridized carbons (Fsp3) is 0.950. The molecular formula is C60H116O6. The van der Waals surface area contributed by atoms with Crippen molar-refractivity contribution >= 4 is 17.9 Å². The number of unbranched alkanes of at least 4 members (excludes halogenated alkanes) is 35. The molecule has 0 heterocycles. The molecule has 0 bridgehead atoms. The van der Waals surface area contributed by atoms with E-state index in [9.17, 15) is 14.4 Å². The van der Waals surface area contributed by atoms with Gasteiger partial charge in [0.25, 0.3) is 0 Å². The minimum atomic E-state index is -0.764. The molecule has 0 saturated heterocycles. The molecule has 66 heavy (non-hydrogen) atoms. The van der Waals surface area contributed by atoms with Gasteiger partial charge < -0.3 is 14.2 Å². The second kappa shape index (κ2) is 51.3. The van der Waals surface area contributed by atoms with Crippen molar-refractivity contribution in [2.45, 2.75) is 337 Å². The molecule has 0 fully saturated rings. The van der Waals surface area contributed by atoms with E-state index in [0.29, 0.717) is 19.3 Å². The van der Waals surface area contributed by atoms with E-state index in [1.54, 1.807) is 0 Å². The van der Waals surface area contributed by atoms with Gasteiger partial charge in [0.2, 0.25) is 0 Å². The van der Waals surface area contributed by atoms with Crippen molar-refractivity contribution in [2.75, 3.05) is 13.2 Å². The molecule has 0 radical (unpaired) electrons. The second-order valence-electron chi connectivity index (χ2n) is 21.8. The summed E-state index contributed by atoms with van der Waals surface area (Å²) in [6.45, 7) is 13.8. The quantitative estimate of drug-likeness (QED) is 0.0343. The third kappa shape index (κ3) is 51.8. The van der Waals surface area contributed by atoms with Gasteiger partial charge in [-0.2, -0.15) is 0 Å². The van der Waals surface area contributed by atoms with Crippen molar-refractivity contribution < 1.29 is 28.6 Å². The van der Waals surface area contributed by atoms with E-state index >= 15 is 0 Å². The zero-order valence-corrected chi connectivity index (χ0v) is 45.5. The van der Waals surface area contributed by atoms with Crippen molar-refractivity contribution in [2.24, 2.45) is 17.8 Å². The highest BCUT2D eigenvalue weighted by atomic mass is 16.6. The van der Waals surface area contributed by atoms with Gasteiger partial charge in [0.1, 0.15) is 13.2 Å². The summed E-state index contributed by atoms with van der Waals surface area (Å²) in [6.07, 6.45) is 53.8. The molecular weight excluding hydrogens is 817 g/mol. The molecule has 0 amide bonds. The van der Waals surface area contributed by atoms with Crippen LogP contribution in [-0.2, 0) is 28.6 Å². The third-order valence-electron chi connectivity index (χ3n) is 14.0. The van der Waals surface area contributed by atoms with Crippen LogP contribution in [0.3, 0.4) is 0 Å². The van der Waals surface area contributed by atoms with Crippen molar-refractivity contribution in [1.29, 1.82) is 0 Å². The molecule has 0 aliphatic heterocycles. The zero-order chi connectivity index (χ0) is 48.4. The molecule has 2 atom stereocenters. The van der Waals surface area contributed by atoms with Gasteiger partial charge in [-0.15, -0.1) is 0 Å². The van der Waals surface area contributed by atoms with Crippen molar-refractivity contribution in [3.8, 4) is 0 Å². The van der Waals surface area contributed by atoms with Gasteiger partial charge in [0, 0.05) is 19.3 Å². The van der Waals surface area contributed by atoms with Crippen molar-refractivity contribution in [3.05, 3.63) is 0 Å². The minimum Gasteiger partial charge on any atom is -0.462 e. The largest absolute Gasteiger partial charge is 0.462 e. The van der Waals surface area contributed by atoms with E-state index in [4.69, 9.17) is 14.2 Å². The number of esters is 3. The Bertz CT molecular complexity index is 1020. The van der Waals surface area contributed by atoms with E-state index in [1.165, 1.54) is 212 Å². The zero-order valence-electron chi connectivity index (χ0n) is 45.5. The van der Waals surface area contributed by atoms with Crippen LogP contribution in [0.2, 0.25) is 0 Å². The number of carbonyl (C=O) groups excluding carboxylic acids is 3. The van der Waals surface area contributed by atoms with E-state index < -0.39 is 6.10 Å². The Morgan fingerprint density at radius 3 is 0.788 bits per heavy atom. The van der Waals surface area contributed by atoms with E-state index in [-0.39, 0.29) is 31.1 Å². The fourth-order valence-corrected chi connectivity index (χ4v) is 9.14. The SMILES string of the molecule is CCC(C)CCCCCCCCCCCCCCCCCCCCC(=O)OC[C@H](COC(=O)CCCCCCCCCCCC(C)C)OC(=O)CCCCCCCCCCCCCC(C)C. The van der Waals surface area contributed by atoms with E-state index in [0.717, 1.165) is 75.5 Å². The highest BCUT2D eigenvalue weighted by molar-refractivity contribution is 5.71. The van der Waals surface area contributed by atoms with Crippen LogP contribution < -0.4 is 0 Å². The van der Waals surface area contributed by atoms with Crippen LogP contribution in [-0.4, -0.2) is 37.2 Å². The van der Waals surface area contributed by atoms with Gasteiger partial charge in [-0.05, 0) is 37.0 Å². The first-order valence-electron chi connectivity index (χ1n) is 29.6. The molecule has 6 heteroatoms. The number of hydrogen-bond acceptors (Lipinski definition) is 6. The standard InChI is InChI=1S/C60H116O6/c1-7-56(6)48-42-36-30-24-18-14-12-10-8-9-11-13-15-19-25-31-37-43-49-58(61)64-52-57(53-65-59(62)50-44-38-32-27-21-23-29-35-41-47-55(4)5)66-60(63)51-45-39-33-26-20-16-17-22-28-34-40-46-54(2)3/h54-57H,7-53H2,1-6H3/t56?,57-/m1/s1. The van der Waals surface area contributed by atoms with Gasteiger partial charge in [0.05, 0.1) is 0 Å². The summed E-state index contributed by atoms with van der Waals surface area (Å²) >= 11 is 0. The molecule has 0 aliphatic rings. The lowest BCUT2D eigenvalue weighted by Gasteiger charge is -2.18. The molecule has 0 aromatic carbocycles. The van der Waals surface area contributed by atoms with Crippen molar-refractivity contribution in [3.63, 3.8) is 0 Å². The summed E-state index contributed by atoms with van der Waals surface area (Å²) < 4.78 is 16.9. The highest BCUT2D eigenvalue weighted by Gasteiger charge is 2.19. The highest BCUT2D eigenvalue weighted by Crippen LogP contribution is 2.19. The second-order valence-corrected chi connectivity index (χ2v) is 21.8. The summed E-state index contributed by atoms with van der Waals surface area (Å²) in [7, 11) is 0. The number of rotatable bonds is 53. The van der Waals surface area contributed by atoms with Gasteiger partial charge >= 0.3 is 17.9 Å². The lowest BCUT2D eigenvalue weighted by atomic mass is 9.99. The molecule has 0 aromatic rings. The van der Waals surface area contributed by atoms with Gasteiger partial charge in [-0.3, -0.25) is 14.4 Å². The number of carbonyl (C=O) groups is 3. The first-order valence-corrected chi connectivity index (χ1v) is 29.6. The fourth-order valence-electron chi connectivity index (χ4n) is 9.14. The Morgan fingerprint density at radius 2 is 0.530 bits per heavy atom. The Kier molecular flexibility index (Phi) is 50.0. The number of hydrogen-bond donors (Lipinski definition) is 0. The molecule has 0 spiro atoms. The summed E-state index contributed by atoms with van der Waals surface area (Å²) in [5.74, 6) is 1.70. The average molecular weight is 934 g/mol. The van der Waals surface area contributed by atoms with Crippen LogP contribution in [0.1, 0.15) is 330 Å². The molecule has 0 aromatic heterocycles. The maximum atomic E-state index is 12.8. The molecule has 0 N–H and O–H groups in total. The lowest BCUT2D eigenvalue weighted by molar-refractivity contribution is -0.167. The predicted molar refractivity (Wildman–Crippen MR) is 284 cm³/mol. The van der Waals surface area contributed by atoms with Gasteiger partial charge in [0.15, 0.2) is 6.10 Å². The molecule has 1 unspecified atom stereocenters. The van der Waals surface area contributed by atoms with Crippen LogP contribution in [0.4, 0.5) is 0 Å².